The van der Waals surface area contributed by atoms with Crippen molar-refractivity contribution in [2.75, 3.05) is 0 Å². The maximum absolute atomic E-state index is 10.0. The van der Waals surface area contributed by atoms with Crippen LogP contribution in [0.15, 0.2) is 12.4 Å². The van der Waals surface area contributed by atoms with Gasteiger partial charge in [0.15, 0.2) is 0 Å². The molecule has 4 nitrogen and oxygen atoms in total. The summed E-state index contributed by atoms with van der Waals surface area (Å²) in [7, 11) is 0. The summed E-state index contributed by atoms with van der Waals surface area (Å²) >= 11 is 5.41. The third-order valence-electron chi connectivity index (χ3n) is 0.999. The van der Waals surface area contributed by atoms with E-state index < -0.39 is 5.97 Å². The summed E-state index contributed by atoms with van der Waals surface area (Å²) in [5, 5.41) is 10.3. The second-order valence-electron chi connectivity index (χ2n) is 1.88. The van der Waals surface area contributed by atoms with Gasteiger partial charge in [-0.2, -0.15) is 0 Å². The summed E-state index contributed by atoms with van der Waals surface area (Å²) in [4.78, 5) is 17.4. The Kier molecular flexibility index (Phi) is 5.41. The van der Waals surface area contributed by atoms with Gasteiger partial charge in [-0.3, -0.25) is 4.98 Å². The van der Waals surface area contributed by atoms with Crippen LogP contribution in [0.2, 0.25) is 5.15 Å². The van der Waals surface area contributed by atoms with E-state index in [-0.39, 0.29) is 41.1 Å². The quantitative estimate of drug-likeness (QED) is 0.457. The number of nitrogens with zero attached hydrogens (tertiary/aromatic N) is 2. The molecule has 0 saturated carbocycles. The summed E-state index contributed by atoms with van der Waals surface area (Å²) in [6, 6.07) is 0. The Hall–Kier alpha value is -0.160. The first kappa shape index (κ1) is 11.8. The number of hydrogen-bond donors (Lipinski definition) is 0. The van der Waals surface area contributed by atoms with E-state index in [2.05, 4.69) is 9.97 Å². The molecular weight excluding hydrogens is 191 g/mol. The Balaban J connectivity index is 0.00000121. The van der Waals surface area contributed by atoms with Gasteiger partial charge in [-0.25, -0.2) is 4.98 Å². The molecule has 1 rings (SSSR count). The normalized spacial score (nSPS) is 8.75. The van der Waals surface area contributed by atoms with E-state index in [0.29, 0.717) is 5.69 Å². The molecule has 0 spiro atoms. The van der Waals surface area contributed by atoms with Crippen molar-refractivity contribution in [3.05, 3.63) is 23.2 Å². The van der Waals surface area contributed by atoms with Crippen molar-refractivity contribution >= 4 is 17.6 Å². The SMILES string of the molecule is O=C([O-])Cc1cnc(Cl)cn1.[Na+]. The second-order valence-corrected chi connectivity index (χ2v) is 2.27. The first-order valence-electron chi connectivity index (χ1n) is 2.85. The van der Waals surface area contributed by atoms with Crippen LogP contribution in [0.1, 0.15) is 5.69 Å². The number of carboxylic acid groups (broad SMARTS) is 1. The Bertz CT molecular complexity index is 265. The topological polar surface area (TPSA) is 65.9 Å². The first-order chi connectivity index (χ1) is 5.18. The summed E-state index contributed by atoms with van der Waals surface area (Å²) in [6.45, 7) is 0. The van der Waals surface area contributed by atoms with E-state index in [1.807, 2.05) is 0 Å². The van der Waals surface area contributed by atoms with Crippen LogP contribution in [-0.4, -0.2) is 15.9 Å². The molecule has 0 saturated heterocycles. The van der Waals surface area contributed by atoms with Gasteiger partial charge in [0.2, 0.25) is 0 Å². The molecule has 58 valence electrons. The van der Waals surface area contributed by atoms with Crippen LogP contribution in [0.5, 0.6) is 0 Å². The molecule has 0 radical (unpaired) electrons. The van der Waals surface area contributed by atoms with Gasteiger partial charge in [-0.15, -0.1) is 0 Å². The number of rotatable bonds is 2. The monoisotopic (exact) mass is 194 g/mol. The van der Waals surface area contributed by atoms with E-state index in [9.17, 15) is 9.90 Å². The predicted molar refractivity (Wildman–Crippen MR) is 35.8 cm³/mol. The van der Waals surface area contributed by atoms with Crippen molar-refractivity contribution in [3.8, 4) is 0 Å². The van der Waals surface area contributed by atoms with Gasteiger partial charge >= 0.3 is 29.6 Å². The Morgan fingerprint density at radius 3 is 2.58 bits per heavy atom. The zero-order valence-electron chi connectivity index (χ0n) is 6.45. The van der Waals surface area contributed by atoms with Crippen molar-refractivity contribution in [2.24, 2.45) is 0 Å². The first-order valence-corrected chi connectivity index (χ1v) is 3.22. The van der Waals surface area contributed by atoms with Gasteiger partial charge in [-0.05, 0) is 0 Å². The molecule has 0 aliphatic heterocycles. The van der Waals surface area contributed by atoms with E-state index >= 15 is 0 Å². The number of aliphatic carboxylic acids is 1. The summed E-state index contributed by atoms with van der Waals surface area (Å²) in [6.07, 6.45) is 2.36. The zero-order chi connectivity index (χ0) is 8.27. The van der Waals surface area contributed by atoms with Crippen molar-refractivity contribution in [3.63, 3.8) is 0 Å². The molecule has 0 bridgehead atoms. The average molecular weight is 195 g/mol. The summed E-state index contributed by atoms with van der Waals surface area (Å²) in [5.74, 6) is -1.18. The minimum atomic E-state index is -1.18. The summed E-state index contributed by atoms with van der Waals surface area (Å²) in [5.41, 5.74) is 0.342. The predicted octanol–water partition coefficient (Wildman–Crippen LogP) is -3.57. The molecule has 0 aliphatic rings. The number of carboxylic acids is 1. The van der Waals surface area contributed by atoms with E-state index in [0.717, 1.165) is 0 Å². The molecule has 0 N–H and O–H groups in total. The molecule has 1 aromatic rings. The van der Waals surface area contributed by atoms with Crippen LogP contribution in [-0.2, 0) is 11.2 Å². The molecule has 1 aromatic heterocycles. The number of carbonyl (C=O) groups excluding carboxylic acids is 1. The maximum atomic E-state index is 10.0. The molecule has 1 heterocycles. The van der Waals surface area contributed by atoms with Crippen molar-refractivity contribution in [2.45, 2.75) is 6.42 Å². The van der Waals surface area contributed by atoms with Gasteiger partial charge in [0, 0.05) is 12.4 Å². The molecule has 0 aromatic carbocycles. The molecule has 0 aliphatic carbocycles. The van der Waals surface area contributed by atoms with Gasteiger partial charge in [-0.1, -0.05) is 11.6 Å². The van der Waals surface area contributed by atoms with Crippen LogP contribution < -0.4 is 34.7 Å². The van der Waals surface area contributed by atoms with Gasteiger partial charge in [0.05, 0.1) is 18.1 Å². The molecule has 0 fully saturated rings. The van der Waals surface area contributed by atoms with Crippen LogP contribution in [0.3, 0.4) is 0 Å². The average Bonchev–Trinajstić information content (AvgIpc) is 1.93. The Morgan fingerprint density at radius 1 is 1.50 bits per heavy atom. The molecule has 6 heteroatoms. The van der Waals surface area contributed by atoms with Crippen molar-refractivity contribution < 1.29 is 39.5 Å². The zero-order valence-corrected chi connectivity index (χ0v) is 9.21. The summed E-state index contributed by atoms with van der Waals surface area (Å²) < 4.78 is 0. The molecule has 0 atom stereocenters. The van der Waals surface area contributed by atoms with Crippen molar-refractivity contribution in [1.29, 1.82) is 0 Å². The third kappa shape index (κ3) is 4.01. The fourth-order valence-corrected chi connectivity index (χ4v) is 0.676. The number of hydrogen-bond acceptors (Lipinski definition) is 4. The number of aromatic nitrogens is 2. The standard InChI is InChI=1S/C6H5ClN2O2.Na/c7-5-3-8-4(2-9-5)1-6(10)11;/h2-3H,1H2,(H,10,11);/q;+1/p-1. The minimum Gasteiger partial charge on any atom is -0.550 e. The molecule has 0 amide bonds. The largest absolute Gasteiger partial charge is 1.00 e. The Labute approximate surface area is 96.3 Å². The molecule has 12 heavy (non-hydrogen) atoms. The maximum Gasteiger partial charge on any atom is 1.00 e. The minimum absolute atomic E-state index is 0. The fourth-order valence-electron chi connectivity index (χ4n) is 0.578. The van der Waals surface area contributed by atoms with Gasteiger partial charge in [0.1, 0.15) is 5.15 Å². The van der Waals surface area contributed by atoms with Gasteiger partial charge < -0.3 is 9.90 Å². The van der Waals surface area contributed by atoms with Gasteiger partial charge in [0.25, 0.3) is 0 Å². The van der Waals surface area contributed by atoms with Crippen LogP contribution in [0.25, 0.3) is 0 Å². The second kappa shape index (κ2) is 5.48. The smallest absolute Gasteiger partial charge is 0.550 e. The van der Waals surface area contributed by atoms with E-state index in [4.69, 9.17) is 11.6 Å². The number of halogens is 1. The van der Waals surface area contributed by atoms with Crippen LogP contribution in [0, 0.1) is 0 Å². The number of carbonyl (C=O) groups is 1. The van der Waals surface area contributed by atoms with Crippen LogP contribution >= 0.6 is 11.6 Å². The Morgan fingerprint density at radius 2 is 2.17 bits per heavy atom. The fraction of sp³-hybridized carbons (Fsp3) is 0.167. The van der Waals surface area contributed by atoms with E-state index in [1.165, 1.54) is 12.4 Å². The van der Waals surface area contributed by atoms with Crippen LogP contribution in [0.4, 0.5) is 0 Å². The van der Waals surface area contributed by atoms with Crippen molar-refractivity contribution in [1.82, 2.24) is 9.97 Å². The van der Waals surface area contributed by atoms with E-state index in [1.54, 1.807) is 0 Å². The molecular formula is C6H4ClN2NaO2. The third-order valence-corrected chi connectivity index (χ3v) is 1.19. The molecule has 0 unspecified atom stereocenters.